The monoisotopic (exact) mass is 288 g/mol. The zero-order chi connectivity index (χ0) is 14.9. The number of amides is 1. The summed E-state index contributed by atoms with van der Waals surface area (Å²) in [4.78, 5) is 12.3. The highest BCUT2D eigenvalue weighted by atomic mass is 16.1. The molecule has 3 heteroatoms. The normalized spacial score (nSPS) is 16.8. The highest BCUT2D eigenvalue weighted by Gasteiger charge is 2.14. The standard InChI is InChI=1S/C18H28N2O/c1-2-14-19-16-12-10-15(11-13-16)18(21)20-17-8-6-4-3-5-7-9-17/h10-13,17,19H,2-9,14H2,1H3,(H,20,21). The van der Waals surface area contributed by atoms with Crippen molar-refractivity contribution in [3.8, 4) is 0 Å². The van der Waals surface area contributed by atoms with Crippen LogP contribution in [0.4, 0.5) is 5.69 Å². The minimum Gasteiger partial charge on any atom is -0.385 e. The molecule has 0 aromatic heterocycles. The van der Waals surface area contributed by atoms with E-state index in [0.29, 0.717) is 6.04 Å². The summed E-state index contributed by atoms with van der Waals surface area (Å²) in [6, 6.07) is 8.16. The van der Waals surface area contributed by atoms with Gasteiger partial charge in [-0.1, -0.05) is 39.0 Å². The molecule has 0 spiro atoms. The fourth-order valence-electron chi connectivity index (χ4n) is 2.88. The summed E-state index contributed by atoms with van der Waals surface area (Å²) in [5.74, 6) is 0.0719. The first kappa shape index (κ1) is 15.9. The van der Waals surface area contributed by atoms with Crippen molar-refractivity contribution in [1.82, 2.24) is 5.32 Å². The van der Waals surface area contributed by atoms with Crippen molar-refractivity contribution in [2.24, 2.45) is 0 Å². The summed E-state index contributed by atoms with van der Waals surface area (Å²) in [6.07, 6.45) is 9.81. The molecular formula is C18H28N2O. The van der Waals surface area contributed by atoms with Gasteiger partial charge in [0.25, 0.3) is 5.91 Å². The molecule has 1 aromatic carbocycles. The number of rotatable bonds is 5. The minimum atomic E-state index is 0.0719. The summed E-state index contributed by atoms with van der Waals surface area (Å²) in [6.45, 7) is 3.11. The van der Waals surface area contributed by atoms with E-state index in [4.69, 9.17) is 0 Å². The zero-order valence-corrected chi connectivity index (χ0v) is 13.2. The van der Waals surface area contributed by atoms with Crippen LogP contribution in [0.15, 0.2) is 24.3 Å². The van der Waals surface area contributed by atoms with Crippen LogP contribution in [0.2, 0.25) is 0 Å². The Kier molecular flexibility index (Phi) is 6.58. The lowest BCUT2D eigenvalue weighted by Crippen LogP contribution is -2.35. The molecule has 1 saturated carbocycles. The highest BCUT2D eigenvalue weighted by molar-refractivity contribution is 5.94. The van der Waals surface area contributed by atoms with Crippen molar-refractivity contribution in [2.75, 3.05) is 11.9 Å². The Labute approximate surface area is 128 Å². The molecule has 2 rings (SSSR count). The Balaban J connectivity index is 1.86. The van der Waals surface area contributed by atoms with Crippen LogP contribution in [0.1, 0.15) is 68.6 Å². The highest BCUT2D eigenvalue weighted by Crippen LogP contribution is 2.18. The maximum atomic E-state index is 12.3. The fraction of sp³-hybridized carbons (Fsp3) is 0.611. The van der Waals surface area contributed by atoms with Crippen LogP contribution in [0, 0.1) is 0 Å². The fourth-order valence-corrected chi connectivity index (χ4v) is 2.88. The van der Waals surface area contributed by atoms with E-state index in [-0.39, 0.29) is 5.91 Å². The van der Waals surface area contributed by atoms with Crippen molar-refractivity contribution in [3.63, 3.8) is 0 Å². The molecule has 1 aliphatic carbocycles. The van der Waals surface area contributed by atoms with Crippen molar-refractivity contribution in [3.05, 3.63) is 29.8 Å². The van der Waals surface area contributed by atoms with Gasteiger partial charge in [0.1, 0.15) is 0 Å². The SMILES string of the molecule is CCCNc1ccc(C(=O)NC2CCCCCCC2)cc1. The Hall–Kier alpha value is -1.51. The molecular weight excluding hydrogens is 260 g/mol. The van der Waals surface area contributed by atoms with Crippen LogP contribution >= 0.6 is 0 Å². The number of carbonyl (C=O) groups excluding carboxylic acids is 1. The van der Waals surface area contributed by atoms with Gasteiger partial charge in [-0.05, 0) is 43.5 Å². The van der Waals surface area contributed by atoms with E-state index in [1.165, 1.54) is 32.1 Å². The van der Waals surface area contributed by atoms with Crippen molar-refractivity contribution < 1.29 is 4.79 Å². The topological polar surface area (TPSA) is 41.1 Å². The third-order valence-corrected chi connectivity index (χ3v) is 4.17. The second-order valence-electron chi connectivity index (χ2n) is 6.02. The number of hydrogen-bond acceptors (Lipinski definition) is 2. The average Bonchev–Trinajstić information content (AvgIpc) is 2.48. The molecule has 1 aromatic rings. The molecule has 0 unspecified atom stereocenters. The third kappa shape index (κ3) is 5.41. The van der Waals surface area contributed by atoms with Crippen LogP contribution in [0.25, 0.3) is 0 Å². The summed E-state index contributed by atoms with van der Waals surface area (Å²) in [7, 11) is 0. The van der Waals surface area contributed by atoms with Gasteiger partial charge in [-0.15, -0.1) is 0 Å². The van der Waals surface area contributed by atoms with Gasteiger partial charge >= 0.3 is 0 Å². The van der Waals surface area contributed by atoms with Gasteiger partial charge in [0, 0.05) is 23.8 Å². The first-order valence-corrected chi connectivity index (χ1v) is 8.44. The second kappa shape index (κ2) is 8.71. The summed E-state index contributed by atoms with van der Waals surface area (Å²) in [5.41, 5.74) is 1.85. The molecule has 3 nitrogen and oxygen atoms in total. The van der Waals surface area contributed by atoms with E-state index in [1.807, 2.05) is 24.3 Å². The van der Waals surface area contributed by atoms with Gasteiger partial charge in [0.05, 0.1) is 0 Å². The first-order valence-electron chi connectivity index (χ1n) is 8.44. The van der Waals surface area contributed by atoms with Crippen LogP contribution in [-0.4, -0.2) is 18.5 Å². The van der Waals surface area contributed by atoms with Gasteiger partial charge < -0.3 is 10.6 Å². The quantitative estimate of drug-likeness (QED) is 0.845. The lowest BCUT2D eigenvalue weighted by molar-refractivity contribution is 0.0930. The van der Waals surface area contributed by atoms with Gasteiger partial charge in [0.2, 0.25) is 0 Å². The molecule has 116 valence electrons. The van der Waals surface area contributed by atoms with E-state index in [1.54, 1.807) is 0 Å². The Morgan fingerprint density at radius 1 is 1.05 bits per heavy atom. The number of anilines is 1. The lowest BCUT2D eigenvalue weighted by Gasteiger charge is -2.21. The molecule has 0 aliphatic heterocycles. The number of hydrogen-bond donors (Lipinski definition) is 2. The molecule has 0 heterocycles. The van der Waals surface area contributed by atoms with Gasteiger partial charge in [-0.2, -0.15) is 0 Å². The van der Waals surface area contributed by atoms with Crippen LogP contribution in [0.3, 0.4) is 0 Å². The van der Waals surface area contributed by atoms with E-state index >= 15 is 0 Å². The predicted molar refractivity (Wildman–Crippen MR) is 88.8 cm³/mol. The van der Waals surface area contributed by atoms with Gasteiger partial charge in [0.15, 0.2) is 0 Å². The van der Waals surface area contributed by atoms with E-state index in [2.05, 4.69) is 17.6 Å². The Morgan fingerprint density at radius 3 is 2.29 bits per heavy atom. The van der Waals surface area contributed by atoms with Crippen molar-refractivity contribution in [2.45, 2.75) is 64.3 Å². The summed E-state index contributed by atoms with van der Waals surface area (Å²) < 4.78 is 0. The maximum Gasteiger partial charge on any atom is 0.251 e. The summed E-state index contributed by atoms with van der Waals surface area (Å²) >= 11 is 0. The smallest absolute Gasteiger partial charge is 0.251 e. The number of benzene rings is 1. The van der Waals surface area contributed by atoms with Crippen LogP contribution < -0.4 is 10.6 Å². The molecule has 0 bridgehead atoms. The van der Waals surface area contributed by atoms with Crippen molar-refractivity contribution in [1.29, 1.82) is 0 Å². The molecule has 1 amide bonds. The summed E-state index contributed by atoms with van der Waals surface area (Å²) in [5, 5.41) is 6.53. The Morgan fingerprint density at radius 2 is 1.67 bits per heavy atom. The maximum absolute atomic E-state index is 12.3. The molecule has 1 fully saturated rings. The van der Waals surface area contributed by atoms with Gasteiger partial charge in [-0.3, -0.25) is 4.79 Å². The molecule has 0 radical (unpaired) electrons. The minimum absolute atomic E-state index is 0.0719. The average molecular weight is 288 g/mol. The molecule has 2 N–H and O–H groups in total. The lowest BCUT2D eigenvalue weighted by atomic mass is 9.96. The molecule has 1 aliphatic rings. The largest absolute Gasteiger partial charge is 0.385 e. The first-order chi connectivity index (χ1) is 10.3. The van der Waals surface area contributed by atoms with Gasteiger partial charge in [-0.25, -0.2) is 0 Å². The predicted octanol–water partition coefficient (Wildman–Crippen LogP) is 4.35. The molecule has 0 atom stereocenters. The Bertz CT molecular complexity index is 419. The number of nitrogens with one attached hydrogen (secondary N) is 2. The van der Waals surface area contributed by atoms with E-state index in [0.717, 1.165) is 37.1 Å². The third-order valence-electron chi connectivity index (χ3n) is 4.17. The molecule has 0 saturated heterocycles. The van der Waals surface area contributed by atoms with Crippen molar-refractivity contribution >= 4 is 11.6 Å². The van der Waals surface area contributed by atoms with Crippen LogP contribution in [-0.2, 0) is 0 Å². The number of carbonyl (C=O) groups is 1. The zero-order valence-electron chi connectivity index (χ0n) is 13.2. The van der Waals surface area contributed by atoms with E-state index < -0.39 is 0 Å². The van der Waals surface area contributed by atoms with E-state index in [9.17, 15) is 4.79 Å². The molecule has 21 heavy (non-hydrogen) atoms. The van der Waals surface area contributed by atoms with Crippen LogP contribution in [0.5, 0.6) is 0 Å². The second-order valence-corrected chi connectivity index (χ2v) is 6.02.